The van der Waals surface area contributed by atoms with Crippen LogP contribution in [0.3, 0.4) is 0 Å². The molecule has 2 atom stereocenters. The second-order valence-electron chi connectivity index (χ2n) is 4.41. The molecular weight excluding hydrogens is 250 g/mol. The van der Waals surface area contributed by atoms with E-state index in [2.05, 4.69) is 15.6 Å². The third kappa shape index (κ3) is 4.55. The Morgan fingerprint density at radius 2 is 2.21 bits per heavy atom. The van der Waals surface area contributed by atoms with Gasteiger partial charge in [0.1, 0.15) is 0 Å². The van der Waals surface area contributed by atoms with Crippen molar-refractivity contribution in [3.63, 3.8) is 0 Å². The number of aliphatic carboxylic acids is 1. The van der Waals surface area contributed by atoms with Crippen molar-refractivity contribution in [1.29, 1.82) is 0 Å². The Hall–Kier alpha value is -2.15. The number of amides is 2. The molecule has 0 radical (unpaired) electrons. The van der Waals surface area contributed by atoms with E-state index in [1.165, 1.54) is 0 Å². The van der Waals surface area contributed by atoms with Crippen LogP contribution in [0.25, 0.3) is 0 Å². The molecule has 0 spiro atoms. The van der Waals surface area contributed by atoms with E-state index in [1.807, 2.05) is 6.07 Å². The quantitative estimate of drug-likeness (QED) is 0.612. The third-order valence-corrected chi connectivity index (χ3v) is 2.59. The number of pyridine rings is 1. The van der Waals surface area contributed by atoms with Gasteiger partial charge >= 0.3 is 12.0 Å². The van der Waals surface area contributed by atoms with Gasteiger partial charge in [-0.15, -0.1) is 0 Å². The highest BCUT2D eigenvalue weighted by Gasteiger charge is 2.30. The molecule has 19 heavy (non-hydrogen) atoms. The van der Waals surface area contributed by atoms with Gasteiger partial charge in [0, 0.05) is 12.4 Å². The molecule has 4 N–H and O–H groups in total. The molecule has 0 aliphatic heterocycles. The molecule has 1 rings (SSSR count). The average molecular weight is 267 g/mol. The average Bonchev–Trinajstić information content (AvgIpc) is 2.37. The van der Waals surface area contributed by atoms with Crippen LogP contribution >= 0.6 is 0 Å². The lowest BCUT2D eigenvalue weighted by Gasteiger charge is -2.20. The summed E-state index contributed by atoms with van der Waals surface area (Å²) in [5.41, 5.74) is -1.17. The second-order valence-corrected chi connectivity index (χ2v) is 4.41. The lowest BCUT2D eigenvalue weighted by Crippen LogP contribution is -2.49. The zero-order valence-corrected chi connectivity index (χ0v) is 10.8. The first-order chi connectivity index (χ1) is 8.83. The summed E-state index contributed by atoms with van der Waals surface area (Å²) >= 11 is 0. The molecule has 0 bridgehead atoms. The summed E-state index contributed by atoms with van der Waals surface area (Å²) in [4.78, 5) is 26.1. The highest BCUT2D eigenvalue weighted by atomic mass is 16.4. The first-order valence-corrected chi connectivity index (χ1v) is 5.73. The van der Waals surface area contributed by atoms with E-state index in [9.17, 15) is 14.7 Å². The van der Waals surface area contributed by atoms with Crippen LogP contribution in [0.1, 0.15) is 25.5 Å². The molecule has 0 aromatic carbocycles. The fourth-order valence-electron chi connectivity index (χ4n) is 1.29. The Morgan fingerprint density at radius 3 is 2.74 bits per heavy atom. The maximum atomic E-state index is 11.5. The van der Waals surface area contributed by atoms with E-state index in [-0.39, 0.29) is 12.6 Å². The Labute approximate surface area is 110 Å². The van der Waals surface area contributed by atoms with Crippen LogP contribution in [0.2, 0.25) is 0 Å². The zero-order valence-electron chi connectivity index (χ0n) is 10.8. The van der Waals surface area contributed by atoms with Gasteiger partial charge in [-0.1, -0.05) is 6.07 Å². The number of hydrogen-bond acceptors (Lipinski definition) is 4. The van der Waals surface area contributed by atoms with Crippen molar-refractivity contribution < 1.29 is 19.8 Å². The number of aromatic nitrogens is 1. The molecule has 0 aliphatic rings. The Kier molecular flexibility index (Phi) is 4.82. The van der Waals surface area contributed by atoms with Crippen LogP contribution in [0.4, 0.5) is 4.79 Å². The molecule has 104 valence electrons. The summed E-state index contributed by atoms with van der Waals surface area (Å²) in [6, 6.07) is 2.73. The maximum Gasteiger partial charge on any atom is 0.337 e. The van der Waals surface area contributed by atoms with Crippen molar-refractivity contribution in [2.24, 2.45) is 0 Å². The SMILES string of the molecule is CC(NC(=O)NCC(C)(O)C(=O)O)c1cccnc1. The molecule has 1 aromatic heterocycles. The first-order valence-electron chi connectivity index (χ1n) is 5.73. The summed E-state index contributed by atoms with van der Waals surface area (Å²) in [6.07, 6.45) is 3.25. The number of rotatable bonds is 5. The normalized spacial score (nSPS) is 15.1. The summed E-state index contributed by atoms with van der Waals surface area (Å²) in [6.45, 7) is 2.50. The molecule has 1 heterocycles. The Bertz CT molecular complexity index is 448. The van der Waals surface area contributed by atoms with Crippen LogP contribution in [0.15, 0.2) is 24.5 Å². The molecule has 0 saturated heterocycles. The highest BCUT2D eigenvalue weighted by Crippen LogP contribution is 2.09. The summed E-state index contributed by atoms with van der Waals surface area (Å²) in [5, 5.41) is 23.0. The summed E-state index contributed by atoms with van der Waals surface area (Å²) < 4.78 is 0. The van der Waals surface area contributed by atoms with Crippen molar-refractivity contribution in [3.8, 4) is 0 Å². The van der Waals surface area contributed by atoms with Gasteiger partial charge in [0.05, 0.1) is 12.6 Å². The zero-order chi connectivity index (χ0) is 14.5. The van der Waals surface area contributed by atoms with Gasteiger partial charge < -0.3 is 20.8 Å². The van der Waals surface area contributed by atoms with Crippen LogP contribution in [0.5, 0.6) is 0 Å². The minimum Gasteiger partial charge on any atom is -0.479 e. The molecule has 7 heteroatoms. The fourth-order valence-corrected chi connectivity index (χ4v) is 1.29. The van der Waals surface area contributed by atoms with Gasteiger partial charge in [-0.3, -0.25) is 4.98 Å². The summed E-state index contributed by atoms with van der Waals surface area (Å²) in [5.74, 6) is -1.40. The van der Waals surface area contributed by atoms with E-state index in [0.717, 1.165) is 12.5 Å². The fraction of sp³-hybridized carbons (Fsp3) is 0.417. The van der Waals surface area contributed by atoms with Crippen molar-refractivity contribution in [3.05, 3.63) is 30.1 Å². The number of nitrogens with zero attached hydrogens (tertiary/aromatic N) is 1. The summed E-state index contributed by atoms with van der Waals surface area (Å²) in [7, 11) is 0. The molecule has 1 aromatic rings. The number of carbonyl (C=O) groups excluding carboxylic acids is 1. The predicted octanol–water partition coefficient (Wildman–Crippen LogP) is 0.277. The third-order valence-electron chi connectivity index (χ3n) is 2.59. The number of urea groups is 1. The largest absolute Gasteiger partial charge is 0.479 e. The smallest absolute Gasteiger partial charge is 0.337 e. The van der Waals surface area contributed by atoms with Crippen LogP contribution < -0.4 is 10.6 Å². The predicted molar refractivity (Wildman–Crippen MR) is 67.4 cm³/mol. The van der Waals surface area contributed by atoms with E-state index >= 15 is 0 Å². The highest BCUT2D eigenvalue weighted by molar-refractivity contribution is 5.79. The van der Waals surface area contributed by atoms with Gasteiger partial charge in [-0.2, -0.15) is 0 Å². The minimum atomic E-state index is -1.99. The van der Waals surface area contributed by atoms with Crippen LogP contribution in [-0.4, -0.2) is 39.3 Å². The number of hydrogen-bond donors (Lipinski definition) is 4. The van der Waals surface area contributed by atoms with Gasteiger partial charge in [-0.25, -0.2) is 9.59 Å². The molecular formula is C12H17N3O4. The standard InChI is InChI=1S/C12H17N3O4/c1-8(9-4-3-5-13-6-9)15-11(18)14-7-12(2,19)10(16)17/h3-6,8,19H,7H2,1-2H3,(H,16,17)(H2,14,15,18). The molecule has 2 amide bonds. The van der Waals surface area contributed by atoms with Crippen molar-refractivity contribution >= 4 is 12.0 Å². The van der Waals surface area contributed by atoms with Crippen LogP contribution in [0, 0.1) is 0 Å². The second kappa shape index (κ2) is 6.14. The number of carboxylic acid groups (broad SMARTS) is 1. The Balaban J connectivity index is 2.46. The lowest BCUT2D eigenvalue weighted by molar-refractivity contribution is -0.155. The molecule has 0 aliphatic carbocycles. The minimum absolute atomic E-state index is 0.275. The Morgan fingerprint density at radius 1 is 1.53 bits per heavy atom. The molecule has 2 unspecified atom stereocenters. The maximum absolute atomic E-state index is 11.5. The van der Waals surface area contributed by atoms with Crippen molar-refractivity contribution in [1.82, 2.24) is 15.6 Å². The lowest BCUT2D eigenvalue weighted by atomic mass is 10.1. The van der Waals surface area contributed by atoms with E-state index in [1.54, 1.807) is 25.4 Å². The van der Waals surface area contributed by atoms with Crippen LogP contribution in [-0.2, 0) is 4.79 Å². The van der Waals surface area contributed by atoms with Gasteiger partial charge in [0.2, 0.25) is 0 Å². The topological polar surface area (TPSA) is 112 Å². The first kappa shape index (κ1) is 14.9. The number of carbonyl (C=O) groups is 2. The molecule has 0 fully saturated rings. The van der Waals surface area contributed by atoms with E-state index in [4.69, 9.17) is 5.11 Å². The van der Waals surface area contributed by atoms with Gasteiger partial charge in [0.15, 0.2) is 5.60 Å². The molecule has 0 saturated carbocycles. The van der Waals surface area contributed by atoms with E-state index in [0.29, 0.717) is 0 Å². The van der Waals surface area contributed by atoms with Gasteiger partial charge in [-0.05, 0) is 25.5 Å². The molecule has 7 nitrogen and oxygen atoms in total. The van der Waals surface area contributed by atoms with E-state index < -0.39 is 17.6 Å². The number of carboxylic acids is 1. The number of aliphatic hydroxyl groups is 1. The van der Waals surface area contributed by atoms with Gasteiger partial charge in [0.25, 0.3) is 0 Å². The monoisotopic (exact) mass is 267 g/mol. The number of nitrogens with one attached hydrogen (secondary N) is 2. The van der Waals surface area contributed by atoms with Crippen molar-refractivity contribution in [2.75, 3.05) is 6.54 Å². The van der Waals surface area contributed by atoms with Crippen molar-refractivity contribution in [2.45, 2.75) is 25.5 Å².